The molecule has 0 aliphatic rings. The Hall–Kier alpha value is -1.91. The molecule has 1 aromatic rings. The molecular weight excluding hydrogens is 241 g/mol. The molecule has 1 N–H and O–H groups in total. The third-order valence-corrected chi connectivity index (χ3v) is 2.66. The van der Waals surface area contributed by atoms with Crippen LogP contribution in [0.25, 0.3) is 0 Å². The first kappa shape index (κ1) is 14.2. The fraction of sp³-hybridized carbons (Fsp3) is 0.286. The molecule has 0 saturated carbocycles. The molecular formula is C14H11F3O. The second kappa shape index (κ2) is 5.16. The van der Waals surface area contributed by atoms with Gasteiger partial charge >= 0.3 is 6.18 Å². The van der Waals surface area contributed by atoms with Crippen molar-refractivity contribution in [1.82, 2.24) is 0 Å². The lowest BCUT2D eigenvalue weighted by atomic mass is 9.79. The lowest BCUT2D eigenvalue weighted by Crippen LogP contribution is -2.24. The van der Waals surface area contributed by atoms with Crippen LogP contribution in [-0.4, -0.2) is 11.7 Å². The molecule has 1 rings (SSSR count). The van der Waals surface area contributed by atoms with Crippen molar-refractivity contribution in [3.8, 4) is 24.7 Å². The average molecular weight is 252 g/mol. The minimum absolute atomic E-state index is 0.0152. The highest BCUT2D eigenvalue weighted by atomic mass is 19.4. The van der Waals surface area contributed by atoms with Crippen molar-refractivity contribution < 1.29 is 18.3 Å². The zero-order valence-electron chi connectivity index (χ0n) is 9.46. The maximum atomic E-state index is 12.6. The monoisotopic (exact) mass is 252 g/mol. The lowest BCUT2D eigenvalue weighted by Gasteiger charge is -2.23. The molecule has 0 unspecified atom stereocenters. The SMILES string of the molecule is C#CC(C#C)(CCO)c1cccc(C(F)(F)F)c1. The molecule has 0 fully saturated rings. The van der Waals surface area contributed by atoms with Gasteiger partial charge in [-0.15, -0.1) is 12.8 Å². The standard InChI is InChI=1S/C14H11F3O/c1-3-13(4-2,8-9-18)11-6-5-7-12(10-11)14(15,16)17/h1-2,5-7,10,18H,8-9H2. The van der Waals surface area contributed by atoms with Gasteiger partial charge in [-0.1, -0.05) is 24.0 Å². The summed E-state index contributed by atoms with van der Waals surface area (Å²) in [5.74, 6) is 4.60. The quantitative estimate of drug-likeness (QED) is 0.820. The van der Waals surface area contributed by atoms with E-state index in [1.54, 1.807) is 0 Å². The van der Waals surface area contributed by atoms with E-state index in [0.29, 0.717) is 0 Å². The Balaban J connectivity index is 3.33. The van der Waals surface area contributed by atoms with Crippen LogP contribution in [0.2, 0.25) is 0 Å². The van der Waals surface area contributed by atoms with Crippen LogP contribution in [0.5, 0.6) is 0 Å². The number of alkyl halides is 3. The summed E-state index contributed by atoms with van der Waals surface area (Å²) in [7, 11) is 0. The van der Waals surface area contributed by atoms with Crippen LogP contribution in [0, 0.1) is 24.7 Å². The lowest BCUT2D eigenvalue weighted by molar-refractivity contribution is -0.137. The molecule has 0 aliphatic carbocycles. The van der Waals surface area contributed by atoms with Crippen molar-refractivity contribution >= 4 is 0 Å². The molecule has 0 radical (unpaired) electrons. The van der Waals surface area contributed by atoms with E-state index in [1.165, 1.54) is 12.1 Å². The van der Waals surface area contributed by atoms with Gasteiger partial charge in [0.25, 0.3) is 0 Å². The van der Waals surface area contributed by atoms with Crippen molar-refractivity contribution in [2.75, 3.05) is 6.61 Å². The molecule has 0 spiro atoms. The maximum absolute atomic E-state index is 12.6. The zero-order valence-corrected chi connectivity index (χ0v) is 9.46. The number of halogens is 3. The summed E-state index contributed by atoms with van der Waals surface area (Å²) < 4.78 is 37.8. The zero-order chi connectivity index (χ0) is 13.8. The van der Waals surface area contributed by atoms with Gasteiger partial charge in [0, 0.05) is 13.0 Å². The molecule has 94 valence electrons. The van der Waals surface area contributed by atoms with Crippen molar-refractivity contribution in [1.29, 1.82) is 0 Å². The highest BCUT2D eigenvalue weighted by Crippen LogP contribution is 2.33. The summed E-state index contributed by atoms with van der Waals surface area (Å²) in [5, 5.41) is 8.94. The highest BCUT2D eigenvalue weighted by Gasteiger charge is 2.33. The molecule has 1 aromatic carbocycles. The smallest absolute Gasteiger partial charge is 0.396 e. The van der Waals surface area contributed by atoms with Crippen molar-refractivity contribution in [3.05, 3.63) is 35.4 Å². The number of terminal acetylenes is 2. The minimum atomic E-state index is -4.45. The summed E-state index contributed by atoms with van der Waals surface area (Å²) in [6, 6.07) is 4.55. The average Bonchev–Trinajstić information content (AvgIpc) is 2.35. The van der Waals surface area contributed by atoms with Crippen LogP contribution < -0.4 is 0 Å². The Labute approximate surface area is 104 Å². The Morgan fingerprint density at radius 3 is 2.11 bits per heavy atom. The van der Waals surface area contributed by atoms with Gasteiger partial charge in [0.15, 0.2) is 0 Å². The number of aliphatic hydroxyl groups is 1. The third-order valence-electron chi connectivity index (χ3n) is 2.66. The van der Waals surface area contributed by atoms with Gasteiger partial charge in [-0.05, 0) is 17.7 Å². The fourth-order valence-corrected chi connectivity index (χ4v) is 1.63. The van der Waals surface area contributed by atoms with Crippen molar-refractivity contribution in [2.24, 2.45) is 0 Å². The fourth-order valence-electron chi connectivity index (χ4n) is 1.63. The van der Waals surface area contributed by atoms with Crippen LogP contribution in [0.3, 0.4) is 0 Å². The van der Waals surface area contributed by atoms with Gasteiger partial charge in [0.2, 0.25) is 0 Å². The normalized spacial score (nSPS) is 11.7. The third kappa shape index (κ3) is 2.67. The van der Waals surface area contributed by atoms with E-state index in [0.717, 1.165) is 12.1 Å². The molecule has 4 heteroatoms. The van der Waals surface area contributed by atoms with Crippen LogP contribution in [0.1, 0.15) is 17.5 Å². The summed E-state index contributed by atoms with van der Waals surface area (Å²) in [6.07, 6.45) is 6.18. The first-order valence-electron chi connectivity index (χ1n) is 5.14. The number of hydrogen-bond donors (Lipinski definition) is 1. The van der Waals surface area contributed by atoms with Gasteiger partial charge < -0.3 is 5.11 Å². The van der Waals surface area contributed by atoms with Crippen LogP contribution in [0.4, 0.5) is 13.2 Å². The van der Waals surface area contributed by atoms with E-state index in [-0.39, 0.29) is 18.6 Å². The minimum Gasteiger partial charge on any atom is -0.396 e. The molecule has 0 saturated heterocycles. The van der Waals surface area contributed by atoms with Crippen LogP contribution in [0.15, 0.2) is 24.3 Å². The van der Waals surface area contributed by atoms with Gasteiger partial charge in [0.05, 0.1) is 5.56 Å². The topological polar surface area (TPSA) is 20.2 Å². The second-order valence-corrected chi connectivity index (χ2v) is 3.75. The first-order valence-corrected chi connectivity index (χ1v) is 5.14. The van der Waals surface area contributed by atoms with Crippen molar-refractivity contribution in [2.45, 2.75) is 18.0 Å². The first-order chi connectivity index (χ1) is 8.39. The number of aliphatic hydroxyl groups excluding tert-OH is 1. The summed E-state index contributed by atoms with van der Waals surface area (Å²) >= 11 is 0. The van der Waals surface area contributed by atoms with Gasteiger partial charge in [-0.2, -0.15) is 13.2 Å². The Morgan fingerprint density at radius 2 is 1.67 bits per heavy atom. The van der Waals surface area contributed by atoms with Crippen molar-refractivity contribution in [3.63, 3.8) is 0 Å². The predicted octanol–water partition coefficient (Wildman–Crippen LogP) is 2.59. The molecule has 0 amide bonds. The molecule has 0 aliphatic heterocycles. The summed E-state index contributed by atoms with van der Waals surface area (Å²) in [4.78, 5) is 0. The van der Waals surface area contributed by atoms with E-state index in [4.69, 9.17) is 18.0 Å². The summed E-state index contributed by atoms with van der Waals surface area (Å²) in [6.45, 7) is -0.301. The van der Waals surface area contributed by atoms with Gasteiger partial charge in [-0.25, -0.2) is 0 Å². The van der Waals surface area contributed by atoms with Gasteiger partial charge in [0.1, 0.15) is 5.41 Å². The van der Waals surface area contributed by atoms with E-state index in [2.05, 4.69) is 11.8 Å². The molecule has 1 nitrogen and oxygen atoms in total. The Kier molecular flexibility index (Phi) is 4.06. The maximum Gasteiger partial charge on any atom is 0.416 e. The second-order valence-electron chi connectivity index (χ2n) is 3.75. The van der Waals surface area contributed by atoms with E-state index < -0.39 is 17.2 Å². The Bertz CT molecular complexity index is 489. The molecule has 18 heavy (non-hydrogen) atoms. The number of rotatable bonds is 3. The molecule has 0 bridgehead atoms. The van der Waals surface area contributed by atoms with E-state index in [9.17, 15) is 13.2 Å². The number of benzene rings is 1. The largest absolute Gasteiger partial charge is 0.416 e. The Morgan fingerprint density at radius 1 is 1.11 bits per heavy atom. The van der Waals surface area contributed by atoms with Crippen LogP contribution in [-0.2, 0) is 11.6 Å². The van der Waals surface area contributed by atoms with Gasteiger partial charge in [-0.3, -0.25) is 0 Å². The molecule has 0 heterocycles. The summed E-state index contributed by atoms with van der Waals surface area (Å²) in [5.41, 5.74) is -1.93. The number of hydrogen-bond acceptors (Lipinski definition) is 1. The predicted molar refractivity (Wildman–Crippen MR) is 62.5 cm³/mol. The molecule has 0 atom stereocenters. The van der Waals surface area contributed by atoms with Crippen LogP contribution >= 0.6 is 0 Å². The van der Waals surface area contributed by atoms with E-state index in [1.807, 2.05) is 0 Å². The van der Waals surface area contributed by atoms with E-state index >= 15 is 0 Å². The highest BCUT2D eigenvalue weighted by molar-refractivity contribution is 5.45. The molecule has 0 aromatic heterocycles.